The molecule has 8 heteroatoms. The van der Waals surface area contributed by atoms with Gasteiger partial charge in [-0.3, -0.25) is 4.68 Å². The van der Waals surface area contributed by atoms with Crippen molar-refractivity contribution in [1.82, 2.24) is 14.9 Å². The van der Waals surface area contributed by atoms with Crippen LogP contribution in [0.25, 0.3) is 11.3 Å². The van der Waals surface area contributed by atoms with Crippen LogP contribution in [0.3, 0.4) is 0 Å². The summed E-state index contributed by atoms with van der Waals surface area (Å²) in [5, 5.41) is 17.5. The van der Waals surface area contributed by atoms with E-state index in [1.54, 1.807) is 18.7 Å². The average molecular weight is 301 g/mol. The highest BCUT2D eigenvalue weighted by molar-refractivity contribution is 5.68. The van der Waals surface area contributed by atoms with Crippen molar-refractivity contribution in [2.45, 2.75) is 38.0 Å². The van der Waals surface area contributed by atoms with Crippen LogP contribution in [0.5, 0.6) is 0 Å². The van der Waals surface area contributed by atoms with Crippen LogP contribution in [0.4, 0.5) is 13.2 Å². The standard InChI is InChI=1S/C13H14F3N3O2/c1-6-4-8-7(5-17-19(8)3)10-9(6)11(18-21-10)12(2,20)13(14,15)16/h5-6,20H,4H2,1-3H3/t6-,12+/m0/s1. The summed E-state index contributed by atoms with van der Waals surface area (Å²) in [6.45, 7) is 2.47. The Bertz CT molecular complexity index is 700. The van der Waals surface area contributed by atoms with Crippen molar-refractivity contribution in [3.63, 3.8) is 0 Å². The molecule has 1 aliphatic carbocycles. The molecule has 2 aromatic rings. The molecular formula is C13H14F3N3O2. The molecule has 0 radical (unpaired) electrons. The minimum atomic E-state index is -4.83. The van der Waals surface area contributed by atoms with Gasteiger partial charge < -0.3 is 9.63 Å². The summed E-state index contributed by atoms with van der Waals surface area (Å²) in [5.74, 6) is 0.00866. The van der Waals surface area contributed by atoms with E-state index in [1.165, 1.54) is 6.20 Å². The molecule has 2 aromatic heterocycles. The third-order valence-corrected chi connectivity index (χ3v) is 4.04. The van der Waals surface area contributed by atoms with E-state index in [9.17, 15) is 18.3 Å². The summed E-state index contributed by atoms with van der Waals surface area (Å²) >= 11 is 0. The van der Waals surface area contributed by atoms with Crippen molar-refractivity contribution >= 4 is 0 Å². The van der Waals surface area contributed by atoms with Gasteiger partial charge in [-0.1, -0.05) is 12.1 Å². The van der Waals surface area contributed by atoms with Crippen LogP contribution in [0, 0.1) is 0 Å². The highest BCUT2D eigenvalue weighted by Crippen LogP contribution is 2.47. The highest BCUT2D eigenvalue weighted by Gasteiger charge is 2.55. The molecule has 0 amide bonds. The first kappa shape index (κ1) is 14.1. The molecule has 3 rings (SSSR count). The zero-order valence-electron chi connectivity index (χ0n) is 11.7. The van der Waals surface area contributed by atoms with E-state index < -0.39 is 17.5 Å². The van der Waals surface area contributed by atoms with Gasteiger partial charge in [0.25, 0.3) is 0 Å². The first-order chi connectivity index (χ1) is 9.64. The van der Waals surface area contributed by atoms with Gasteiger partial charge in [0.2, 0.25) is 5.60 Å². The molecule has 0 aliphatic heterocycles. The van der Waals surface area contributed by atoms with Gasteiger partial charge in [-0.25, -0.2) is 0 Å². The first-order valence-corrected chi connectivity index (χ1v) is 6.45. The van der Waals surface area contributed by atoms with Crippen LogP contribution in [-0.4, -0.2) is 26.2 Å². The monoisotopic (exact) mass is 301 g/mol. The van der Waals surface area contributed by atoms with Gasteiger partial charge in [0.15, 0.2) is 5.76 Å². The summed E-state index contributed by atoms with van der Waals surface area (Å²) in [7, 11) is 1.76. The lowest BCUT2D eigenvalue weighted by Gasteiger charge is -2.27. The third kappa shape index (κ3) is 1.81. The maximum Gasteiger partial charge on any atom is 0.422 e. The first-order valence-electron chi connectivity index (χ1n) is 6.45. The summed E-state index contributed by atoms with van der Waals surface area (Å²) in [6, 6.07) is 0. The molecule has 2 heterocycles. The average Bonchev–Trinajstić information content (AvgIpc) is 2.93. The smallest absolute Gasteiger partial charge is 0.375 e. The zero-order chi connectivity index (χ0) is 15.6. The molecule has 0 saturated carbocycles. The Morgan fingerprint density at radius 1 is 1.43 bits per heavy atom. The van der Waals surface area contributed by atoms with Gasteiger partial charge in [0, 0.05) is 18.3 Å². The van der Waals surface area contributed by atoms with Crippen LogP contribution in [0.2, 0.25) is 0 Å². The maximum absolute atomic E-state index is 13.0. The van der Waals surface area contributed by atoms with Crippen LogP contribution >= 0.6 is 0 Å². The van der Waals surface area contributed by atoms with Gasteiger partial charge in [-0.2, -0.15) is 18.3 Å². The number of halogens is 3. The van der Waals surface area contributed by atoms with Gasteiger partial charge in [-0.15, -0.1) is 0 Å². The van der Waals surface area contributed by atoms with Crippen molar-refractivity contribution in [2.24, 2.45) is 7.05 Å². The number of nitrogens with zero attached hydrogens (tertiary/aromatic N) is 3. The zero-order valence-corrected chi connectivity index (χ0v) is 11.7. The number of hydrogen-bond acceptors (Lipinski definition) is 4. The van der Waals surface area contributed by atoms with Crippen LogP contribution in [0.1, 0.15) is 36.7 Å². The second kappa shape index (κ2) is 4.09. The van der Waals surface area contributed by atoms with Crippen LogP contribution in [0.15, 0.2) is 10.7 Å². The summed E-state index contributed by atoms with van der Waals surface area (Å²) in [5.41, 5.74) is -1.70. The largest absolute Gasteiger partial charge is 0.422 e. The lowest BCUT2D eigenvalue weighted by molar-refractivity contribution is -0.261. The van der Waals surface area contributed by atoms with E-state index >= 15 is 0 Å². The number of aliphatic hydroxyl groups is 1. The number of aryl methyl sites for hydroxylation is 1. The van der Waals surface area contributed by atoms with Crippen LogP contribution < -0.4 is 0 Å². The fourth-order valence-electron chi connectivity index (χ4n) is 2.72. The molecule has 2 atom stereocenters. The van der Waals surface area contributed by atoms with Crippen molar-refractivity contribution in [2.75, 3.05) is 0 Å². The predicted molar refractivity (Wildman–Crippen MR) is 66.4 cm³/mol. The Balaban J connectivity index is 2.21. The number of aromatic nitrogens is 3. The van der Waals surface area contributed by atoms with E-state index in [1.807, 2.05) is 0 Å². The van der Waals surface area contributed by atoms with Gasteiger partial charge in [0.1, 0.15) is 5.69 Å². The van der Waals surface area contributed by atoms with Crippen molar-refractivity contribution in [3.05, 3.63) is 23.1 Å². The number of rotatable bonds is 1. The van der Waals surface area contributed by atoms with Crippen molar-refractivity contribution in [1.29, 1.82) is 0 Å². The molecule has 0 unspecified atom stereocenters. The van der Waals surface area contributed by atoms with E-state index in [-0.39, 0.29) is 11.7 Å². The molecule has 1 aliphatic rings. The molecule has 0 aromatic carbocycles. The fraction of sp³-hybridized carbons (Fsp3) is 0.538. The molecule has 0 saturated heterocycles. The Morgan fingerprint density at radius 2 is 2.10 bits per heavy atom. The second-order valence-electron chi connectivity index (χ2n) is 5.58. The quantitative estimate of drug-likeness (QED) is 0.879. The Kier molecular flexibility index (Phi) is 2.75. The molecule has 5 nitrogen and oxygen atoms in total. The van der Waals surface area contributed by atoms with Crippen molar-refractivity contribution in [3.8, 4) is 11.3 Å². The molecule has 0 fully saturated rings. The maximum atomic E-state index is 13.0. The Hall–Kier alpha value is -1.83. The number of hydrogen-bond donors (Lipinski definition) is 1. The lowest BCUT2D eigenvalue weighted by Crippen LogP contribution is -2.40. The van der Waals surface area contributed by atoms with E-state index in [2.05, 4.69) is 10.3 Å². The van der Waals surface area contributed by atoms with Crippen LogP contribution in [-0.2, 0) is 19.1 Å². The molecule has 0 bridgehead atoms. The highest BCUT2D eigenvalue weighted by atomic mass is 19.4. The van der Waals surface area contributed by atoms with E-state index in [0.29, 0.717) is 24.5 Å². The summed E-state index contributed by atoms with van der Waals surface area (Å²) in [4.78, 5) is 0. The third-order valence-electron chi connectivity index (χ3n) is 4.04. The summed E-state index contributed by atoms with van der Waals surface area (Å²) < 4.78 is 45.9. The normalized spacial score (nSPS) is 20.8. The van der Waals surface area contributed by atoms with E-state index in [4.69, 9.17) is 4.52 Å². The Labute approximate surface area is 118 Å². The molecule has 1 N–H and O–H groups in total. The SMILES string of the molecule is C[C@H]1Cc2c(cnn2C)-c2onc([C@@](C)(O)C(F)(F)F)c21. The van der Waals surface area contributed by atoms with Gasteiger partial charge >= 0.3 is 6.18 Å². The predicted octanol–water partition coefficient (Wildman–Crippen LogP) is 2.50. The Morgan fingerprint density at radius 3 is 2.71 bits per heavy atom. The molecule has 0 spiro atoms. The van der Waals surface area contributed by atoms with E-state index in [0.717, 1.165) is 5.69 Å². The summed E-state index contributed by atoms with van der Waals surface area (Å²) in [6.07, 6.45) is -2.77. The van der Waals surface area contributed by atoms with Gasteiger partial charge in [0.05, 0.1) is 11.8 Å². The molecule has 21 heavy (non-hydrogen) atoms. The number of fused-ring (bicyclic) bond motifs is 3. The fourth-order valence-corrected chi connectivity index (χ4v) is 2.72. The molecule has 114 valence electrons. The lowest BCUT2D eigenvalue weighted by atomic mass is 9.82. The number of alkyl halides is 3. The second-order valence-corrected chi connectivity index (χ2v) is 5.58. The van der Waals surface area contributed by atoms with Crippen molar-refractivity contribution < 1.29 is 22.8 Å². The molecular weight excluding hydrogens is 287 g/mol. The topological polar surface area (TPSA) is 64.1 Å². The minimum absolute atomic E-state index is 0.252. The minimum Gasteiger partial charge on any atom is -0.375 e. The van der Waals surface area contributed by atoms with Gasteiger partial charge in [-0.05, 0) is 19.3 Å².